The highest BCUT2D eigenvalue weighted by atomic mass is 35.5. The van der Waals surface area contributed by atoms with E-state index in [9.17, 15) is 9.59 Å². The number of nitrogens with zero attached hydrogens (tertiary/aromatic N) is 1. The Morgan fingerprint density at radius 2 is 1.81 bits per heavy atom. The quantitative estimate of drug-likeness (QED) is 0.636. The lowest BCUT2D eigenvalue weighted by molar-refractivity contribution is -0.130. The highest BCUT2D eigenvalue weighted by Crippen LogP contribution is 2.36. The number of benzene rings is 2. The van der Waals surface area contributed by atoms with Crippen LogP contribution in [0.3, 0.4) is 0 Å². The van der Waals surface area contributed by atoms with E-state index in [1.165, 1.54) is 11.1 Å². The molecule has 2 aromatic rings. The van der Waals surface area contributed by atoms with E-state index < -0.39 is 0 Å². The molecule has 1 atom stereocenters. The van der Waals surface area contributed by atoms with Crippen LogP contribution in [-0.2, 0) is 4.79 Å². The number of carbonyl (C=O) groups is 2. The second-order valence-corrected chi connectivity index (χ2v) is 8.56. The Balaban J connectivity index is 1.53. The van der Waals surface area contributed by atoms with E-state index in [1.54, 1.807) is 24.3 Å². The van der Waals surface area contributed by atoms with Crippen LogP contribution in [0.5, 0.6) is 0 Å². The Hall–Kier alpha value is -1.78. The van der Waals surface area contributed by atoms with Crippen molar-refractivity contribution < 1.29 is 9.59 Å². The average Bonchev–Trinajstić information content (AvgIpc) is 2.93. The van der Waals surface area contributed by atoms with Crippen molar-refractivity contribution in [1.82, 2.24) is 4.90 Å². The molecule has 2 aromatic carbocycles. The largest absolute Gasteiger partial charge is 0.342 e. The molecule has 0 radical (unpaired) electrons. The van der Waals surface area contributed by atoms with Gasteiger partial charge < -0.3 is 4.90 Å². The van der Waals surface area contributed by atoms with Gasteiger partial charge in [0.2, 0.25) is 5.91 Å². The maximum atomic E-state index is 12.6. The van der Waals surface area contributed by atoms with Crippen LogP contribution < -0.4 is 0 Å². The number of Topliss-reactive ketones (excluding diaryl/α,β-unsaturated/α-hetero) is 1. The second kappa shape index (κ2) is 9.43. The molecule has 0 saturated carbocycles. The summed E-state index contributed by atoms with van der Waals surface area (Å²) >= 11 is 7.77. The number of carbonyl (C=O) groups excluding carboxylic acids is 2. The van der Waals surface area contributed by atoms with Crippen LogP contribution in [0.25, 0.3) is 0 Å². The van der Waals surface area contributed by atoms with Gasteiger partial charge in [0.1, 0.15) is 0 Å². The standard InChI is InChI=1S/C22H24ClNO2S/c1-16-4-2-3-5-19(16)21-12-13-24(14-15-27-21)22(26)11-10-20(25)17-6-8-18(23)9-7-17/h2-9,21H,10-15H2,1H3. The van der Waals surface area contributed by atoms with Crippen LogP contribution in [0.1, 0.15) is 46.0 Å². The topological polar surface area (TPSA) is 37.4 Å². The zero-order chi connectivity index (χ0) is 19.2. The Labute approximate surface area is 170 Å². The van der Waals surface area contributed by atoms with Gasteiger partial charge in [-0.25, -0.2) is 0 Å². The highest BCUT2D eigenvalue weighted by molar-refractivity contribution is 7.99. The van der Waals surface area contributed by atoms with Crippen molar-refractivity contribution in [2.75, 3.05) is 18.8 Å². The summed E-state index contributed by atoms with van der Waals surface area (Å²) < 4.78 is 0. The zero-order valence-corrected chi connectivity index (χ0v) is 17.1. The molecule has 1 unspecified atom stereocenters. The number of ketones is 1. The summed E-state index contributed by atoms with van der Waals surface area (Å²) in [6.07, 6.45) is 1.46. The normalized spacial score (nSPS) is 17.4. The van der Waals surface area contributed by atoms with Crippen molar-refractivity contribution in [3.8, 4) is 0 Å². The third kappa shape index (κ3) is 5.36. The van der Waals surface area contributed by atoms with Gasteiger partial charge in [0.15, 0.2) is 5.78 Å². The van der Waals surface area contributed by atoms with Gasteiger partial charge in [-0.1, -0.05) is 35.9 Å². The van der Waals surface area contributed by atoms with E-state index in [0.717, 1.165) is 25.3 Å². The molecule has 0 aromatic heterocycles. The summed E-state index contributed by atoms with van der Waals surface area (Å²) in [6, 6.07) is 15.3. The summed E-state index contributed by atoms with van der Waals surface area (Å²) in [7, 11) is 0. The molecule has 0 N–H and O–H groups in total. The van der Waals surface area contributed by atoms with Crippen molar-refractivity contribution in [3.05, 3.63) is 70.2 Å². The van der Waals surface area contributed by atoms with Gasteiger partial charge in [0.25, 0.3) is 0 Å². The summed E-state index contributed by atoms with van der Waals surface area (Å²) in [6.45, 7) is 3.65. The van der Waals surface area contributed by atoms with Crippen LogP contribution in [0.4, 0.5) is 0 Å². The van der Waals surface area contributed by atoms with Gasteiger partial charge in [0.05, 0.1) is 0 Å². The predicted molar refractivity (Wildman–Crippen MR) is 113 cm³/mol. The summed E-state index contributed by atoms with van der Waals surface area (Å²) in [4.78, 5) is 26.8. The molecule has 142 valence electrons. The molecule has 0 aliphatic carbocycles. The summed E-state index contributed by atoms with van der Waals surface area (Å²) in [5.41, 5.74) is 3.29. The van der Waals surface area contributed by atoms with Crippen LogP contribution in [0, 0.1) is 6.92 Å². The number of amides is 1. The third-order valence-electron chi connectivity index (χ3n) is 4.96. The molecule has 27 heavy (non-hydrogen) atoms. The lowest BCUT2D eigenvalue weighted by Crippen LogP contribution is -2.33. The lowest BCUT2D eigenvalue weighted by Gasteiger charge is -2.20. The Morgan fingerprint density at radius 1 is 1.07 bits per heavy atom. The SMILES string of the molecule is Cc1ccccc1C1CCN(C(=O)CCC(=O)c2ccc(Cl)cc2)CCS1. The fraction of sp³-hybridized carbons (Fsp3) is 0.364. The van der Waals surface area contributed by atoms with Crippen LogP contribution in [0.2, 0.25) is 5.02 Å². The minimum Gasteiger partial charge on any atom is -0.342 e. The number of thioether (sulfide) groups is 1. The first-order chi connectivity index (χ1) is 13.0. The Kier molecular flexibility index (Phi) is 6.97. The number of halogens is 1. The van der Waals surface area contributed by atoms with Crippen molar-refractivity contribution in [2.24, 2.45) is 0 Å². The summed E-state index contributed by atoms with van der Waals surface area (Å²) in [5, 5.41) is 1.03. The van der Waals surface area contributed by atoms with Crippen LogP contribution >= 0.6 is 23.4 Å². The smallest absolute Gasteiger partial charge is 0.223 e. The van der Waals surface area contributed by atoms with Crippen molar-refractivity contribution in [2.45, 2.75) is 31.4 Å². The first kappa shape index (κ1) is 20.0. The first-order valence-corrected chi connectivity index (χ1v) is 10.7. The minimum atomic E-state index is -0.0120. The predicted octanol–water partition coefficient (Wildman–Crippen LogP) is 5.32. The van der Waals surface area contributed by atoms with Gasteiger partial charge >= 0.3 is 0 Å². The van der Waals surface area contributed by atoms with Gasteiger partial charge in [-0.3, -0.25) is 9.59 Å². The molecule has 0 spiro atoms. The molecule has 3 rings (SSSR count). The van der Waals surface area contributed by atoms with E-state index in [-0.39, 0.29) is 24.5 Å². The fourth-order valence-electron chi connectivity index (χ4n) is 3.37. The molecule has 1 fully saturated rings. The third-order valence-corrected chi connectivity index (χ3v) is 6.52. The second-order valence-electron chi connectivity index (χ2n) is 6.82. The van der Waals surface area contributed by atoms with Crippen LogP contribution in [0.15, 0.2) is 48.5 Å². The maximum absolute atomic E-state index is 12.6. The van der Waals surface area contributed by atoms with E-state index in [2.05, 4.69) is 31.2 Å². The van der Waals surface area contributed by atoms with E-state index in [1.807, 2.05) is 16.7 Å². The fourth-order valence-corrected chi connectivity index (χ4v) is 4.83. The zero-order valence-electron chi connectivity index (χ0n) is 15.5. The molecule has 1 heterocycles. The maximum Gasteiger partial charge on any atom is 0.223 e. The van der Waals surface area contributed by atoms with E-state index in [4.69, 9.17) is 11.6 Å². The molecule has 3 nitrogen and oxygen atoms in total. The summed E-state index contributed by atoms with van der Waals surface area (Å²) in [5.74, 6) is 0.987. The van der Waals surface area contributed by atoms with Crippen molar-refractivity contribution in [1.29, 1.82) is 0 Å². The number of hydrogen-bond donors (Lipinski definition) is 0. The lowest BCUT2D eigenvalue weighted by atomic mass is 10.0. The van der Waals surface area contributed by atoms with Gasteiger partial charge in [-0.05, 0) is 48.7 Å². The van der Waals surface area contributed by atoms with Gasteiger partial charge in [-0.15, -0.1) is 0 Å². The van der Waals surface area contributed by atoms with Crippen molar-refractivity contribution >= 4 is 35.1 Å². The Bertz CT molecular complexity index is 806. The minimum absolute atomic E-state index is 0.0120. The van der Waals surface area contributed by atoms with Crippen molar-refractivity contribution in [3.63, 3.8) is 0 Å². The van der Waals surface area contributed by atoms with Gasteiger partial charge in [-0.2, -0.15) is 11.8 Å². The Morgan fingerprint density at radius 3 is 2.56 bits per heavy atom. The number of rotatable bonds is 5. The van der Waals surface area contributed by atoms with E-state index >= 15 is 0 Å². The highest BCUT2D eigenvalue weighted by Gasteiger charge is 2.23. The molecule has 1 amide bonds. The molecular weight excluding hydrogens is 378 g/mol. The number of aryl methyl sites for hydroxylation is 1. The molecule has 0 bridgehead atoms. The monoisotopic (exact) mass is 401 g/mol. The molecule has 1 saturated heterocycles. The number of hydrogen-bond acceptors (Lipinski definition) is 3. The molecule has 1 aliphatic heterocycles. The molecule has 5 heteroatoms. The first-order valence-electron chi connectivity index (χ1n) is 9.28. The average molecular weight is 402 g/mol. The van der Waals surface area contributed by atoms with Crippen LogP contribution in [-0.4, -0.2) is 35.4 Å². The molecule has 1 aliphatic rings. The van der Waals surface area contributed by atoms with Gasteiger partial charge in [0, 0.05) is 47.5 Å². The van der Waals surface area contributed by atoms with E-state index in [0.29, 0.717) is 15.8 Å². The molecular formula is C22H24ClNO2S.